The summed E-state index contributed by atoms with van der Waals surface area (Å²) in [6, 6.07) is 7.58. The molecule has 1 fully saturated rings. The molecule has 1 aliphatic carbocycles. The van der Waals surface area contributed by atoms with Crippen molar-refractivity contribution in [1.29, 1.82) is 0 Å². The molecule has 0 aromatic heterocycles. The van der Waals surface area contributed by atoms with Crippen molar-refractivity contribution in [2.75, 3.05) is 12.4 Å². The number of hydrogen-bond donors (Lipinski definition) is 3. The molecule has 0 radical (unpaired) electrons. The highest BCUT2D eigenvalue weighted by Crippen LogP contribution is 2.32. The molecule has 1 aromatic carbocycles. The zero-order chi connectivity index (χ0) is 14.5. The maximum atomic E-state index is 12.2. The Morgan fingerprint density at radius 2 is 2.05 bits per heavy atom. The second-order valence-corrected chi connectivity index (χ2v) is 5.20. The predicted molar refractivity (Wildman–Crippen MR) is 76.3 cm³/mol. The quantitative estimate of drug-likeness (QED) is 0.767. The Bertz CT molecular complexity index is 502. The molecule has 1 saturated carbocycles. The van der Waals surface area contributed by atoms with E-state index in [1.54, 1.807) is 0 Å². The van der Waals surface area contributed by atoms with Gasteiger partial charge in [0.1, 0.15) is 0 Å². The van der Waals surface area contributed by atoms with E-state index in [0.717, 1.165) is 24.2 Å². The van der Waals surface area contributed by atoms with Crippen LogP contribution in [-0.4, -0.2) is 24.0 Å². The molecular formula is C15H20N2O3. The molecule has 2 atom stereocenters. The third-order valence-electron chi connectivity index (χ3n) is 3.75. The van der Waals surface area contributed by atoms with Gasteiger partial charge in [-0.15, -0.1) is 0 Å². The molecule has 1 amide bonds. The maximum Gasteiger partial charge on any atom is 0.307 e. The number of hydrogen-bond acceptors (Lipinski definition) is 3. The molecule has 0 unspecified atom stereocenters. The summed E-state index contributed by atoms with van der Waals surface area (Å²) in [7, 11) is 1.86. The van der Waals surface area contributed by atoms with Crippen LogP contribution in [0.3, 0.4) is 0 Å². The van der Waals surface area contributed by atoms with E-state index in [2.05, 4.69) is 10.6 Å². The topological polar surface area (TPSA) is 78.4 Å². The second kappa shape index (κ2) is 6.52. The fourth-order valence-electron chi connectivity index (χ4n) is 2.77. The van der Waals surface area contributed by atoms with E-state index >= 15 is 0 Å². The Labute approximate surface area is 118 Å². The Balaban J connectivity index is 2.04. The lowest BCUT2D eigenvalue weighted by molar-refractivity contribution is -0.145. The Morgan fingerprint density at radius 3 is 2.75 bits per heavy atom. The van der Waals surface area contributed by atoms with Gasteiger partial charge in [-0.05, 0) is 37.6 Å². The highest BCUT2D eigenvalue weighted by Gasteiger charge is 2.37. The van der Waals surface area contributed by atoms with Crippen LogP contribution in [0.2, 0.25) is 0 Å². The van der Waals surface area contributed by atoms with Crippen LogP contribution in [0.4, 0.5) is 5.69 Å². The highest BCUT2D eigenvalue weighted by molar-refractivity contribution is 5.95. The summed E-state index contributed by atoms with van der Waals surface area (Å²) < 4.78 is 0. The molecule has 0 saturated heterocycles. The summed E-state index contributed by atoms with van der Waals surface area (Å²) in [6.07, 6.45) is 2.04. The second-order valence-electron chi connectivity index (χ2n) is 5.20. The van der Waals surface area contributed by atoms with Crippen molar-refractivity contribution in [3.05, 3.63) is 29.8 Å². The van der Waals surface area contributed by atoms with Crippen molar-refractivity contribution >= 4 is 17.6 Å². The van der Waals surface area contributed by atoms with Crippen molar-refractivity contribution in [3.63, 3.8) is 0 Å². The highest BCUT2D eigenvalue weighted by atomic mass is 16.4. The number of carboxylic acids is 1. The van der Waals surface area contributed by atoms with Gasteiger partial charge in [-0.3, -0.25) is 9.59 Å². The van der Waals surface area contributed by atoms with E-state index in [0.29, 0.717) is 12.8 Å². The van der Waals surface area contributed by atoms with Crippen LogP contribution < -0.4 is 10.6 Å². The van der Waals surface area contributed by atoms with E-state index in [1.807, 2.05) is 31.3 Å². The lowest BCUT2D eigenvalue weighted by Crippen LogP contribution is -2.30. The van der Waals surface area contributed by atoms with Crippen LogP contribution in [0, 0.1) is 11.8 Å². The smallest absolute Gasteiger partial charge is 0.307 e. The third kappa shape index (κ3) is 3.36. The van der Waals surface area contributed by atoms with Crippen LogP contribution in [0.25, 0.3) is 0 Å². The first kappa shape index (κ1) is 14.5. The monoisotopic (exact) mass is 276 g/mol. The summed E-state index contributed by atoms with van der Waals surface area (Å²) in [5.41, 5.74) is 1.80. The van der Waals surface area contributed by atoms with Gasteiger partial charge in [0.05, 0.1) is 11.8 Å². The van der Waals surface area contributed by atoms with Gasteiger partial charge in [-0.25, -0.2) is 0 Å². The van der Waals surface area contributed by atoms with Gasteiger partial charge in [0.2, 0.25) is 5.91 Å². The number of anilines is 1. The molecule has 5 nitrogen and oxygen atoms in total. The molecule has 2 rings (SSSR count). The van der Waals surface area contributed by atoms with Gasteiger partial charge < -0.3 is 15.7 Å². The van der Waals surface area contributed by atoms with Gasteiger partial charge in [0.25, 0.3) is 0 Å². The van der Waals surface area contributed by atoms with E-state index in [1.165, 1.54) is 0 Å². The van der Waals surface area contributed by atoms with Crippen molar-refractivity contribution in [2.45, 2.75) is 25.8 Å². The van der Waals surface area contributed by atoms with Gasteiger partial charge >= 0.3 is 5.97 Å². The number of aliphatic carboxylic acids is 1. The van der Waals surface area contributed by atoms with Crippen molar-refractivity contribution < 1.29 is 14.7 Å². The molecule has 1 aromatic rings. The average molecular weight is 276 g/mol. The SMILES string of the molecule is CNCc1cccc(NC(=O)[C@@H]2CCC[C@@H]2C(=O)O)c1. The summed E-state index contributed by atoms with van der Waals surface area (Å²) in [6.45, 7) is 0.727. The molecule has 0 bridgehead atoms. The summed E-state index contributed by atoms with van der Waals surface area (Å²) in [5, 5.41) is 15.0. The van der Waals surface area contributed by atoms with E-state index < -0.39 is 17.8 Å². The number of rotatable bonds is 5. The van der Waals surface area contributed by atoms with Gasteiger partial charge in [-0.2, -0.15) is 0 Å². The lowest BCUT2D eigenvalue weighted by atomic mass is 9.95. The minimum Gasteiger partial charge on any atom is -0.481 e. The number of carbonyl (C=O) groups is 2. The Morgan fingerprint density at radius 1 is 1.30 bits per heavy atom. The van der Waals surface area contributed by atoms with Crippen molar-refractivity contribution in [1.82, 2.24) is 5.32 Å². The molecule has 20 heavy (non-hydrogen) atoms. The minimum absolute atomic E-state index is 0.184. The summed E-state index contributed by atoms with van der Waals surface area (Å²) in [4.78, 5) is 23.3. The van der Waals surface area contributed by atoms with Crippen LogP contribution in [0.15, 0.2) is 24.3 Å². The van der Waals surface area contributed by atoms with Gasteiger partial charge in [0.15, 0.2) is 0 Å². The van der Waals surface area contributed by atoms with Crippen LogP contribution in [0.5, 0.6) is 0 Å². The molecular weight excluding hydrogens is 256 g/mol. The zero-order valence-electron chi connectivity index (χ0n) is 11.6. The molecule has 0 heterocycles. The van der Waals surface area contributed by atoms with E-state index in [4.69, 9.17) is 5.11 Å². The number of carboxylic acid groups (broad SMARTS) is 1. The molecule has 1 aliphatic rings. The first-order valence-corrected chi connectivity index (χ1v) is 6.89. The fraction of sp³-hybridized carbons (Fsp3) is 0.467. The molecule has 5 heteroatoms. The number of nitrogens with one attached hydrogen (secondary N) is 2. The maximum absolute atomic E-state index is 12.2. The Kier molecular flexibility index (Phi) is 4.74. The normalized spacial score (nSPS) is 21.6. The molecule has 0 aliphatic heterocycles. The van der Waals surface area contributed by atoms with Gasteiger partial charge in [-0.1, -0.05) is 18.6 Å². The number of amides is 1. The molecule has 0 spiro atoms. The number of carbonyl (C=O) groups excluding carboxylic acids is 1. The van der Waals surface area contributed by atoms with Crippen molar-refractivity contribution in [3.8, 4) is 0 Å². The van der Waals surface area contributed by atoms with Crippen LogP contribution in [0.1, 0.15) is 24.8 Å². The average Bonchev–Trinajstić information content (AvgIpc) is 2.89. The number of benzene rings is 1. The standard InChI is InChI=1S/C15H20N2O3/c1-16-9-10-4-2-5-11(8-10)17-14(18)12-6-3-7-13(12)15(19)20/h2,4-5,8,12-13,16H,3,6-7,9H2,1H3,(H,17,18)(H,19,20)/t12-,13+/m1/s1. The minimum atomic E-state index is -0.869. The van der Waals surface area contributed by atoms with E-state index in [-0.39, 0.29) is 5.91 Å². The predicted octanol–water partition coefficient (Wildman–Crippen LogP) is 1.85. The lowest BCUT2D eigenvalue weighted by Gasteiger charge is -2.16. The Hall–Kier alpha value is -1.88. The van der Waals surface area contributed by atoms with Gasteiger partial charge in [0, 0.05) is 12.2 Å². The van der Waals surface area contributed by atoms with Crippen molar-refractivity contribution in [2.24, 2.45) is 11.8 Å². The van der Waals surface area contributed by atoms with Crippen LogP contribution >= 0.6 is 0 Å². The zero-order valence-corrected chi connectivity index (χ0v) is 11.6. The summed E-state index contributed by atoms with van der Waals surface area (Å²) >= 11 is 0. The summed E-state index contributed by atoms with van der Waals surface area (Å²) in [5.74, 6) is -2.01. The largest absolute Gasteiger partial charge is 0.481 e. The van der Waals surface area contributed by atoms with E-state index in [9.17, 15) is 9.59 Å². The first-order valence-electron chi connectivity index (χ1n) is 6.89. The third-order valence-corrected chi connectivity index (χ3v) is 3.75. The molecule has 3 N–H and O–H groups in total. The fourth-order valence-corrected chi connectivity index (χ4v) is 2.77. The van der Waals surface area contributed by atoms with Crippen LogP contribution in [-0.2, 0) is 16.1 Å². The molecule has 108 valence electrons. The first-order chi connectivity index (χ1) is 9.61.